The molecule has 0 spiro atoms. The molecule has 0 amide bonds. The molecular formula is C16H32GeO3Zr. The Labute approximate surface area is 141 Å². The molecule has 0 atom stereocenters. The Morgan fingerprint density at radius 3 is 1.81 bits per heavy atom. The van der Waals surface area contributed by atoms with Gasteiger partial charge in [-0.1, -0.05) is 0 Å². The maximum atomic E-state index is 6.35. The molecule has 0 unspecified atom stereocenters. The fourth-order valence-corrected chi connectivity index (χ4v) is 18.5. The second-order valence-electron chi connectivity index (χ2n) is 5.80. The zero-order chi connectivity index (χ0) is 15.7. The number of hydrogen-bond donors (Lipinski definition) is 0. The van der Waals surface area contributed by atoms with Gasteiger partial charge in [-0.15, -0.1) is 0 Å². The molecule has 0 heterocycles. The van der Waals surface area contributed by atoms with Crippen molar-refractivity contribution in [3.63, 3.8) is 0 Å². The van der Waals surface area contributed by atoms with Crippen LogP contribution < -0.4 is 0 Å². The molecule has 1 aliphatic carbocycles. The van der Waals surface area contributed by atoms with E-state index in [1.54, 1.807) is 4.41 Å². The molecule has 1 aliphatic rings. The van der Waals surface area contributed by atoms with Gasteiger partial charge in [-0.2, -0.15) is 0 Å². The van der Waals surface area contributed by atoms with Gasteiger partial charge in [0.1, 0.15) is 0 Å². The van der Waals surface area contributed by atoms with Crippen molar-refractivity contribution in [2.75, 3.05) is 19.8 Å². The van der Waals surface area contributed by atoms with Gasteiger partial charge in [0.15, 0.2) is 0 Å². The van der Waals surface area contributed by atoms with Gasteiger partial charge in [-0.3, -0.25) is 0 Å². The summed E-state index contributed by atoms with van der Waals surface area (Å²) >= 11 is -4.94. The van der Waals surface area contributed by atoms with Gasteiger partial charge in [0.25, 0.3) is 0 Å². The monoisotopic (exact) mass is 436 g/mol. The van der Waals surface area contributed by atoms with E-state index in [9.17, 15) is 0 Å². The van der Waals surface area contributed by atoms with E-state index in [0.717, 1.165) is 45.5 Å². The zero-order valence-electron chi connectivity index (χ0n) is 14.4. The van der Waals surface area contributed by atoms with Crippen molar-refractivity contribution < 1.29 is 30.0 Å². The molecule has 1 rings (SSSR count). The van der Waals surface area contributed by atoms with Crippen LogP contribution in [0.5, 0.6) is 0 Å². The third kappa shape index (κ3) is 5.73. The molecule has 0 radical (unpaired) electrons. The van der Waals surface area contributed by atoms with Gasteiger partial charge in [0, 0.05) is 0 Å². The van der Waals surface area contributed by atoms with Crippen LogP contribution >= 0.6 is 0 Å². The van der Waals surface area contributed by atoms with Crippen LogP contribution in [0.2, 0.25) is 11.5 Å². The van der Waals surface area contributed by atoms with E-state index < -0.39 is 35.9 Å². The second kappa shape index (κ2) is 10.5. The summed E-state index contributed by atoms with van der Waals surface area (Å²) in [5.74, 6) is 4.85. The van der Waals surface area contributed by atoms with E-state index >= 15 is 0 Å². The van der Waals surface area contributed by atoms with E-state index in [2.05, 4.69) is 44.4 Å². The first-order valence-corrected chi connectivity index (χ1v) is 18.7. The summed E-state index contributed by atoms with van der Waals surface area (Å²) in [4.78, 5) is 0. The predicted octanol–water partition coefficient (Wildman–Crippen LogP) is 4.41. The van der Waals surface area contributed by atoms with Crippen molar-refractivity contribution in [2.24, 2.45) is 0 Å². The molecule has 0 aromatic carbocycles. The van der Waals surface area contributed by atoms with Gasteiger partial charge in [-0.05, 0) is 0 Å². The average Bonchev–Trinajstić information content (AvgIpc) is 2.97. The molecule has 0 N–H and O–H groups in total. The summed E-state index contributed by atoms with van der Waals surface area (Å²) in [6.45, 7) is 8.72. The van der Waals surface area contributed by atoms with Crippen molar-refractivity contribution >= 4 is 14.3 Å². The molecule has 0 aromatic rings. The van der Waals surface area contributed by atoms with Crippen LogP contribution in [0.1, 0.15) is 46.5 Å². The molecule has 21 heavy (non-hydrogen) atoms. The van der Waals surface area contributed by atoms with Crippen LogP contribution in [0, 0.1) is 0 Å². The third-order valence-electron chi connectivity index (χ3n) is 3.45. The Balaban J connectivity index is 3.09. The topological polar surface area (TPSA) is 27.7 Å². The minimum atomic E-state index is -3.58. The molecule has 0 aliphatic heterocycles. The molecule has 0 bridgehead atoms. The zero-order valence-corrected chi connectivity index (χ0v) is 19.3. The molecule has 3 nitrogen and oxygen atoms in total. The third-order valence-corrected chi connectivity index (χ3v) is 16.0. The predicted molar refractivity (Wildman–Crippen MR) is 88.4 cm³/mol. The van der Waals surface area contributed by atoms with Crippen molar-refractivity contribution in [1.29, 1.82) is 0 Å². The van der Waals surface area contributed by atoms with E-state index in [1.165, 1.54) is 3.28 Å². The molecular weight excluding hydrogens is 404 g/mol. The number of allylic oxidation sites excluding steroid dienone is 4. The number of rotatable bonds is 11. The first kappa shape index (κ1) is 19.8. The minimum absolute atomic E-state index is 0.755. The fourth-order valence-electron chi connectivity index (χ4n) is 2.46. The van der Waals surface area contributed by atoms with E-state index in [-0.39, 0.29) is 0 Å². The summed E-state index contributed by atoms with van der Waals surface area (Å²) in [7, 11) is 0. The Kier molecular flexibility index (Phi) is 9.95. The average molecular weight is 436 g/mol. The van der Waals surface area contributed by atoms with E-state index in [0.29, 0.717) is 0 Å². The molecule has 0 aromatic heterocycles. The van der Waals surface area contributed by atoms with Crippen LogP contribution in [0.15, 0.2) is 19.8 Å². The Morgan fingerprint density at radius 2 is 1.43 bits per heavy atom. The van der Waals surface area contributed by atoms with Gasteiger partial charge >= 0.3 is 142 Å². The SMILES string of the molecule is CCC[O][Zr]([O]CCC)([O]CCC)[C]1=[C]([GeH]([CH3])[CH3])C=CC1. The summed E-state index contributed by atoms with van der Waals surface area (Å²) in [6.07, 6.45) is 8.65. The fraction of sp³-hybridized carbons (Fsp3) is 0.750. The van der Waals surface area contributed by atoms with Gasteiger partial charge in [0.2, 0.25) is 0 Å². The normalized spacial score (nSPS) is 15.5. The second-order valence-corrected chi connectivity index (χ2v) is 18.3. The van der Waals surface area contributed by atoms with Crippen LogP contribution in [-0.4, -0.2) is 34.2 Å². The van der Waals surface area contributed by atoms with Gasteiger partial charge in [0.05, 0.1) is 0 Å². The summed E-state index contributed by atoms with van der Waals surface area (Å²) in [5.41, 5.74) is 0. The molecule has 0 saturated carbocycles. The molecule has 5 heteroatoms. The summed E-state index contributed by atoms with van der Waals surface area (Å²) < 4.78 is 22.0. The summed E-state index contributed by atoms with van der Waals surface area (Å²) in [6, 6.07) is 0. The van der Waals surface area contributed by atoms with Gasteiger partial charge < -0.3 is 0 Å². The Bertz CT molecular complexity index is 345. The maximum absolute atomic E-state index is 6.35. The quantitative estimate of drug-likeness (QED) is 0.450. The number of hydrogen-bond acceptors (Lipinski definition) is 3. The van der Waals surface area contributed by atoms with Crippen molar-refractivity contribution in [3.8, 4) is 0 Å². The Hall–Kier alpha value is 0.786. The van der Waals surface area contributed by atoms with Crippen molar-refractivity contribution in [2.45, 2.75) is 58.0 Å². The van der Waals surface area contributed by atoms with E-state index in [4.69, 9.17) is 8.44 Å². The summed E-state index contributed by atoms with van der Waals surface area (Å²) in [5, 5.41) is 0. The first-order valence-electron chi connectivity index (χ1n) is 8.43. The van der Waals surface area contributed by atoms with Gasteiger partial charge in [-0.25, -0.2) is 0 Å². The Morgan fingerprint density at radius 1 is 0.952 bits per heavy atom. The standard InChI is InChI=1S/C7H11Ge.3C3H7O.Zr/c1-8(2)7-5-3-4-6-7;3*1-2-3-4;/h3,5,8H,4H2,1-2H3;3*2-3H2,1H3;/q;3*-1;+3. The van der Waals surface area contributed by atoms with Crippen LogP contribution in [0.25, 0.3) is 0 Å². The first-order chi connectivity index (χ1) is 10.1. The van der Waals surface area contributed by atoms with Crippen LogP contribution in [-0.2, 0) is 30.0 Å². The van der Waals surface area contributed by atoms with E-state index in [1.807, 2.05) is 0 Å². The van der Waals surface area contributed by atoms with Crippen molar-refractivity contribution in [3.05, 3.63) is 19.8 Å². The molecule has 122 valence electrons. The molecule has 0 saturated heterocycles. The van der Waals surface area contributed by atoms with Crippen LogP contribution in [0.3, 0.4) is 0 Å². The van der Waals surface area contributed by atoms with Crippen molar-refractivity contribution in [1.82, 2.24) is 0 Å². The van der Waals surface area contributed by atoms with Crippen LogP contribution in [0.4, 0.5) is 0 Å². The molecule has 0 fully saturated rings.